The summed E-state index contributed by atoms with van der Waals surface area (Å²) in [5, 5.41) is 86.3. The number of thioether (sulfide) groups is 2. The van der Waals surface area contributed by atoms with Gasteiger partial charge in [-0.25, -0.2) is 37.2 Å². The van der Waals surface area contributed by atoms with Crippen LogP contribution in [0.4, 0.5) is 18.9 Å². The van der Waals surface area contributed by atoms with Gasteiger partial charge in [0.05, 0.1) is 110 Å². The number of Topliss-reactive ketones (excluding diaryl/α,β-unsaturated/α-hetero) is 3. The summed E-state index contributed by atoms with van der Waals surface area (Å²) >= 11 is 5.80. The number of ether oxygens (including phenoxy) is 2. The number of hydrogen-bond donors (Lipinski definition) is 7. The minimum atomic E-state index is -1.61. The molecule has 0 bridgehead atoms. The zero-order chi connectivity index (χ0) is 93.7. The summed E-state index contributed by atoms with van der Waals surface area (Å²) in [6.07, 6.45) is 22.7. The third kappa shape index (κ3) is 14.3. The van der Waals surface area contributed by atoms with Crippen LogP contribution in [-0.2, 0) is 33.6 Å². The normalized spacial score (nSPS) is 33.6. The Bertz CT molecular complexity index is 6820. The van der Waals surface area contributed by atoms with Crippen LogP contribution >= 0.6 is 46.2 Å². The van der Waals surface area contributed by atoms with Gasteiger partial charge in [-0.15, -0.1) is 22.7 Å². The maximum Gasteiger partial charge on any atom is 0.395 e. The molecule has 12 aliphatic carbocycles. The maximum atomic E-state index is 13.9. The van der Waals surface area contributed by atoms with Gasteiger partial charge < -0.3 is 50.3 Å². The number of ketones is 3. The first-order valence-corrected chi connectivity index (χ1v) is 51.0. The number of anilines is 1. The molecule has 29 heteroatoms. The molecule has 12 aliphatic rings. The number of benzene rings is 6. The molecule has 0 radical (unpaired) electrons. The third-order valence-electron chi connectivity index (χ3n) is 35.6. The van der Waals surface area contributed by atoms with Crippen LogP contribution in [0.1, 0.15) is 172 Å². The van der Waals surface area contributed by atoms with E-state index >= 15 is 0 Å². The minimum Gasteiger partial charge on any atom is -0.497 e. The molecule has 0 saturated heterocycles. The van der Waals surface area contributed by atoms with E-state index in [1.807, 2.05) is 95.0 Å². The third-order valence-corrected chi connectivity index (χ3v) is 39.9. The minimum absolute atomic E-state index is 0.00338. The number of nitrogens with two attached hydrogens (primary N) is 1. The van der Waals surface area contributed by atoms with Crippen LogP contribution in [-0.4, -0.2) is 153 Å². The second kappa shape index (κ2) is 33.2. The van der Waals surface area contributed by atoms with E-state index in [4.69, 9.17) is 19.6 Å². The SMILES string of the molecule is CC12Cc3cnn(-c4ccc(F)cc4)c3C=C1CCC1C2[C@@H](O)CC2(C)C1CC[C@]2(O)C(=O)COc1nc2ccccc2o1.CC12Cc3cnn(-c4ccc(F)cc4)c3C=C1CCC1C2[C@@H](O)CC2(C)C1CC[C@]2(O)C(=O)CSc1nc2ccc(N)cc2s1.COc1ccc2nc(SCC(=O)[C@@]3(O)CCC4C5CCC6=Cc7c(cnn7-c7ccc(F)cc7)CC6(C)C5[C@@H](O)CC43C)sc2c1. The number of allylic oxidation sites excluding steroid dienone is 3. The van der Waals surface area contributed by atoms with Gasteiger partial charge in [-0.3, -0.25) is 14.4 Å². The molecule has 15 unspecified atom stereocenters. The number of oxazole rings is 1. The molecule has 135 heavy (non-hydrogen) atoms. The van der Waals surface area contributed by atoms with Gasteiger partial charge >= 0.3 is 6.08 Å². The molecule has 8 N–H and O–H groups in total. The number of para-hydroxylation sites is 2. The molecule has 6 heterocycles. The molecule has 6 aromatic heterocycles. The van der Waals surface area contributed by atoms with Crippen LogP contribution in [0.2, 0.25) is 0 Å². The first kappa shape index (κ1) is 90.2. The fraction of sp³-hybridized carbons (Fsp3) is 0.462. The van der Waals surface area contributed by atoms with Crippen molar-refractivity contribution in [3.63, 3.8) is 0 Å². The first-order valence-electron chi connectivity index (χ1n) is 47.4. The fourth-order valence-corrected chi connectivity index (χ4v) is 33.2. The van der Waals surface area contributed by atoms with Crippen molar-refractivity contribution in [3.05, 3.63) is 220 Å². The van der Waals surface area contributed by atoms with Gasteiger partial charge in [-0.2, -0.15) is 20.3 Å². The standard InChI is InChI=1S/C36H38FN3O4S2.C35H37FN4O3S2.C35H36FN3O5/c1-34-16-20-18-38-40(23-7-5-22(37)6-8-23)28(20)14-21(34)4-10-25-26-12-13-36(43,35(26,2)17-29(41)32(25)34)31(42)19-45-33-39-27-11-9-24(44-3)15-30(27)46-33;1-33-15-19-17-38-40(23-7-4-21(36)5-8-23)27(19)13-20(33)3-9-24-25-11-12-35(43,34(25,2)16-28(41)31(24)33)30(42)18-44-32-39-26-10-6-22(37)14-29(26)45-32;1-33-16-20-18-37-39(23-10-8-22(36)9-11-23)27(20)15-21(33)7-12-24-25-13-14-35(42,34(25,2)17-28(40)31(24)33)30(41)19-43-32-38-26-5-3-4-6-29(26)44-32/h5-9,11,14-15,18,25-26,29,32,41,43H,4,10,12-13,16-17,19H2,1-3H3;4-8,10,13-14,17,24-25,28,31,41,43H,3,9,11-12,15-16,18,37H2,1-2H3;3-6,8-11,15,18,24-25,28,31,40,42H,7,12-14,16-17,19H2,1-2H3/t25?,26?,29-,32?,34?,35?,36-;2*24?,25?,28-,31?,33?,34?,35-/m000/s1. The van der Waals surface area contributed by atoms with E-state index in [1.54, 1.807) is 55.6 Å². The topological polar surface area (TPSA) is 322 Å². The van der Waals surface area contributed by atoms with Crippen molar-refractivity contribution in [1.29, 1.82) is 0 Å². The summed E-state index contributed by atoms with van der Waals surface area (Å²) in [5.74, 6) is 0.517. The Morgan fingerprint density at radius 3 is 1.25 bits per heavy atom. The highest BCUT2D eigenvalue weighted by molar-refractivity contribution is 8.02. The fourth-order valence-electron chi connectivity index (χ4n) is 29.0. The number of carbonyl (C=O) groups excluding carboxylic acids is 3. The van der Waals surface area contributed by atoms with E-state index in [9.17, 15) is 58.2 Å². The molecule has 24 rings (SSSR count). The summed E-state index contributed by atoms with van der Waals surface area (Å²) in [5.41, 5.74) is 14.8. The van der Waals surface area contributed by atoms with Crippen LogP contribution in [0, 0.1) is 103 Å². The zero-order valence-corrected chi connectivity index (χ0v) is 79.7. The summed E-state index contributed by atoms with van der Waals surface area (Å²) in [7, 11) is 1.64. The van der Waals surface area contributed by atoms with Gasteiger partial charge in [0.1, 0.15) is 45.5 Å². The van der Waals surface area contributed by atoms with Gasteiger partial charge in [0, 0.05) is 21.9 Å². The van der Waals surface area contributed by atoms with Gasteiger partial charge in [-0.1, -0.05) is 93.9 Å². The van der Waals surface area contributed by atoms with Crippen molar-refractivity contribution in [3.8, 4) is 28.9 Å². The molecule has 22 nitrogen and oxygen atoms in total. The first-order chi connectivity index (χ1) is 64.6. The van der Waals surface area contributed by atoms with E-state index in [-0.39, 0.29) is 123 Å². The monoisotopic (exact) mass is 1900 g/mol. The van der Waals surface area contributed by atoms with Gasteiger partial charge in [0.25, 0.3) is 0 Å². The number of aromatic nitrogens is 9. The highest BCUT2D eigenvalue weighted by atomic mass is 32.2. The molecular formula is C106H111F3N10O12S4. The largest absolute Gasteiger partial charge is 0.497 e. The lowest BCUT2D eigenvalue weighted by molar-refractivity contribution is -0.181. The van der Waals surface area contributed by atoms with E-state index in [0.29, 0.717) is 55.3 Å². The van der Waals surface area contributed by atoms with Crippen molar-refractivity contribution in [2.24, 2.45) is 85.8 Å². The highest BCUT2D eigenvalue weighted by Crippen LogP contribution is 2.72. The van der Waals surface area contributed by atoms with Gasteiger partial charge in [-0.05, 0) is 341 Å². The number of carbonyl (C=O) groups is 3. The average Bonchev–Trinajstić information content (AvgIpc) is 1.59. The lowest BCUT2D eigenvalue weighted by Gasteiger charge is -2.60. The van der Waals surface area contributed by atoms with Crippen LogP contribution in [0.5, 0.6) is 11.8 Å². The average molecular weight is 1900 g/mol. The smallest absolute Gasteiger partial charge is 0.395 e. The Labute approximate surface area is 796 Å². The van der Waals surface area contributed by atoms with Crippen molar-refractivity contribution < 1.29 is 72.1 Å². The van der Waals surface area contributed by atoms with E-state index in [0.717, 1.165) is 163 Å². The number of fused-ring (bicyclic) bond motifs is 21. The molecule has 0 aliphatic heterocycles. The number of rotatable bonds is 16. The summed E-state index contributed by atoms with van der Waals surface area (Å²) < 4.78 is 66.6. The van der Waals surface area contributed by atoms with Gasteiger partial charge in [0.15, 0.2) is 32.4 Å². The van der Waals surface area contributed by atoms with Crippen molar-refractivity contribution >= 4 is 119 Å². The Kier molecular flexibility index (Phi) is 22.2. The van der Waals surface area contributed by atoms with E-state index in [2.05, 4.69) is 76.2 Å². The van der Waals surface area contributed by atoms with E-state index in [1.165, 1.54) is 99.3 Å². The van der Waals surface area contributed by atoms with Crippen LogP contribution in [0.25, 0.3) is 66.8 Å². The summed E-state index contributed by atoms with van der Waals surface area (Å²) in [6, 6.07) is 37.8. The maximum absolute atomic E-state index is 13.9. The lowest BCUT2D eigenvalue weighted by atomic mass is 9.45. The molecule has 9 fully saturated rings. The molecule has 12 aromatic rings. The zero-order valence-electron chi connectivity index (χ0n) is 76.4. The predicted molar refractivity (Wildman–Crippen MR) is 514 cm³/mol. The summed E-state index contributed by atoms with van der Waals surface area (Å²) in [4.78, 5) is 55.1. The van der Waals surface area contributed by atoms with Crippen LogP contribution < -0.4 is 15.2 Å². The summed E-state index contributed by atoms with van der Waals surface area (Å²) in [6.45, 7) is 12.6. The number of halogens is 3. The molecule has 702 valence electrons. The number of hydrogen-bond acceptors (Lipinski definition) is 23. The Balaban J connectivity index is 0.000000118. The quantitative estimate of drug-likeness (QED) is 0.0349. The number of nitrogens with zero attached hydrogens (tertiary/aromatic N) is 9. The number of aliphatic hydroxyl groups is 6. The Morgan fingerprint density at radius 1 is 0.481 bits per heavy atom. The van der Waals surface area contributed by atoms with Crippen molar-refractivity contribution in [2.45, 2.75) is 201 Å². The van der Waals surface area contributed by atoms with Crippen LogP contribution in [0.15, 0.2) is 182 Å². The second-order valence-electron chi connectivity index (χ2n) is 42.0. The second-order valence-corrected chi connectivity index (χ2v) is 46.5. The Hall–Kier alpha value is -9.92. The highest BCUT2D eigenvalue weighted by Gasteiger charge is 2.72. The molecule has 9 saturated carbocycles. The predicted octanol–water partition coefficient (Wildman–Crippen LogP) is 19.0. The van der Waals surface area contributed by atoms with Crippen molar-refractivity contribution in [2.75, 3.05) is 31.0 Å². The lowest BCUT2D eigenvalue weighted by Crippen LogP contribution is -2.62. The Morgan fingerprint density at radius 2 is 0.859 bits per heavy atom. The van der Waals surface area contributed by atoms with E-state index < -0.39 is 57.1 Å². The van der Waals surface area contributed by atoms with Crippen molar-refractivity contribution in [1.82, 2.24) is 44.3 Å². The molecule has 21 atom stereocenters. The molecule has 0 amide bonds. The number of nitrogen functional groups attached to an aromatic ring is 1. The molecule has 0 spiro atoms. The number of aliphatic hydroxyl groups excluding tert-OH is 3. The number of methoxy groups -OCH3 is 1. The molecule has 6 aromatic carbocycles. The molecular weight excluding hydrogens is 1790 g/mol. The van der Waals surface area contributed by atoms with Crippen LogP contribution in [0.3, 0.4) is 0 Å². The number of thiazole rings is 2. The van der Waals surface area contributed by atoms with Gasteiger partial charge in [0.2, 0.25) is 5.78 Å².